The van der Waals surface area contributed by atoms with Crippen LogP contribution in [0.5, 0.6) is 0 Å². The monoisotopic (exact) mass is 300 g/mol. The maximum Gasteiger partial charge on any atom is 0.336 e. The molecule has 1 aliphatic carbocycles. The van der Waals surface area contributed by atoms with Gasteiger partial charge in [0.25, 0.3) is 5.91 Å². The summed E-state index contributed by atoms with van der Waals surface area (Å²) >= 11 is 0. The molecule has 114 valence electrons. The molecule has 1 aromatic carbocycles. The number of carboxylic acids is 1. The number of aromatic carboxylic acids is 1. The zero-order valence-corrected chi connectivity index (χ0v) is 12.3. The maximum absolute atomic E-state index is 12.2. The van der Waals surface area contributed by atoms with E-state index in [1.807, 2.05) is 6.92 Å². The van der Waals surface area contributed by atoms with Crippen molar-refractivity contribution in [3.05, 3.63) is 46.3 Å². The Morgan fingerprint density at radius 2 is 1.95 bits per heavy atom. The zero-order chi connectivity index (χ0) is 15.9. The summed E-state index contributed by atoms with van der Waals surface area (Å²) in [6, 6.07) is 4.85. The van der Waals surface area contributed by atoms with Crippen molar-refractivity contribution < 1.29 is 19.2 Å². The molecule has 22 heavy (non-hydrogen) atoms. The Morgan fingerprint density at radius 3 is 2.59 bits per heavy atom. The second-order valence-corrected chi connectivity index (χ2v) is 5.63. The zero-order valence-electron chi connectivity index (χ0n) is 12.3. The van der Waals surface area contributed by atoms with E-state index < -0.39 is 11.9 Å². The lowest BCUT2D eigenvalue weighted by molar-refractivity contribution is 0.0695. The smallest absolute Gasteiger partial charge is 0.336 e. The van der Waals surface area contributed by atoms with E-state index in [9.17, 15) is 9.59 Å². The first kappa shape index (κ1) is 14.3. The van der Waals surface area contributed by atoms with E-state index in [1.165, 1.54) is 6.07 Å². The Hall–Kier alpha value is -2.63. The van der Waals surface area contributed by atoms with Crippen LogP contribution in [0, 0.1) is 13.8 Å². The van der Waals surface area contributed by atoms with Crippen LogP contribution in [0.4, 0.5) is 5.69 Å². The van der Waals surface area contributed by atoms with Crippen LogP contribution in [-0.4, -0.2) is 22.1 Å². The van der Waals surface area contributed by atoms with Crippen LogP contribution < -0.4 is 5.32 Å². The van der Waals surface area contributed by atoms with Gasteiger partial charge in [0.15, 0.2) is 5.69 Å². The number of carbonyl (C=O) groups excluding carboxylic acids is 1. The third-order valence-corrected chi connectivity index (χ3v) is 3.79. The molecule has 0 unspecified atom stereocenters. The Bertz CT molecular complexity index is 760. The van der Waals surface area contributed by atoms with Crippen LogP contribution >= 0.6 is 0 Å². The molecule has 2 N–H and O–H groups in total. The molecule has 1 fully saturated rings. The fourth-order valence-corrected chi connectivity index (χ4v) is 2.36. The van der Waals surface area contributed by atoms with Gasteiger partial charge in [-0.1, -0.05) is 11.2 Å². The van der Waals surface area contributed by atoms with Gasteiger partial charge in [-0.25, -0.2) is 4.79 Å². The van der Waals surface area contributed by atoms with Gasteiger partial charge in [0.05, 0.1) is 5.56 Å². The highest BCUT2D eigenvalue weighted by Gasteiger charge is 2.29. The first-order valence-electron chi connectivity index (χ1n) is 7.08. The second-order valence-electron chi connectivity index (χ2n) is 5.63. The van der Waals surface area contributed by atoms with E-state index in [2.05, 4.69) is 10.5 Å². The van der Waals surface area contributed by atoms with E-state index in [0.29, 0.717) is 17.2 Å². The quantitative estimate of drug-likeness (QED) is 0.905. The molecule has 6 heteroatoms. The molecule has 1 saturated carbocycles. The average molecular weight is 300 g/mol. The summed E-state index contributed by atoms with van der Waals surface area (Å²) in [6.07, 6.45) is 2.13. The highest BCUT2D eigenvalue weighted by molar-refractivity contribution is 6.04. The Labute approximate surface area is 127 Å². The van der Waals surface area contributed by atoms with E-state index >= 15 is 0 Å². The Kier molecular flexibility index (Phi) is 3.44. The molecule has 0 atom stereocenters. The molecule has 2 aromatic rings. The van der Waals surface area contributed by atoms with Gasteiger partial charge in [-0.15, -0.1) is 0 Å². The van der Waals surface area contributed by atoms with E-state index in [0.717, 1.165) is 24.2 Å². The summed E-state index contributed by atoms with van der Waals surface area (Å²) < 4.78 is 5.15. The lowest BCUT2D eigenvalue weighted by Crippen LogP contribution is -2.14. The van der Waals surface area contributed by atoms with Crippen molar-refractivity contribution in [2.75, 3.05) is 5.32 Å². The number of carbonyl (C=O) groups is 2. The number of hydrogen-bond donors (Lipinski definition) is 2. The van der Waals surface area contributed by atoms with Gasteiger partial charge in [-0.05, 0) is 43.9 Å². The molecule has 0 spiro atoms. The predicted molar refractivity (Wildman–Crippen MR) is 79.3 cm³/mol. The fourth-order valence-electron chi connectivity index (χ4n) is 2.36. The van der Waals surface area contributed by atoms with Crippen LogP contribution in [0.15, 0.2) is 22.7 Å². The summed E-state index contributed by atoms with van der Waals surface area (Å²) in [7, 11) is 0. The maximum atomic E-state index is 12.2. The number of hydrogen-bond acceptors (Lipinski definition) is 4. The van der Waals surface area contributed by atoms with Gasteiger partial charge in [0.1, 0.15) is 5.76 Å². The van der Waals surface area contributed by atoms with Gasteiger partial charge in [0, 0.05) is 17.7 Å². The van der Waals surface area contributed by atoms with Gasteiger partial charge in [-0.2, -0.15) is 0 Å². The molecular weight excluding hydrogens is 284 g/mol. The summed E-state index contributed by atoms with van der Waals surface area (Å²) in [5, 5.41) is 15.6. The number of aryl methyl sites for hydroxylation is 2. The Morgan fingerprint density at radius 1 is 1.23 bits per heavy atom. The number of benzene rings is 1. The molecule has 0 saturated heterocycles. The van der Waals surface area contributed by atoms with Gasteiger partial charge in [-0.3, -0.25) is 4.79 Å². The fraction of sp³-hybridized carbons (Fsp3) is 0.312. The van der Waals surface area contributed by atoms with Crippen molar-refractivity contribution in [2.45, 2.75) is 32.6 Å². The minimum atomic E-state index is -1.02. The third kappa shape index (κ3) is 2.72. The lowest BCUT2D eigenvalue weighted by Gasteiger charge is -2.10. The highest BCUT2D eigenvalue weighted by atomic mass is 16.5. The number of amides is 1. The minimum Gasteiger partial charge on any atom is -0.478 e. The largest absolute Gasteiger partial charge is 0.478 e. The van der Waals surface area contributed by atoms with Gasteiger partial charge >= 0.3 is 5.97 Å². The molecule has 0 bridgehead atoms. The average Bonchev–Trinajstić information content (AvgIpc) is 3.18. The highest BCUT2D eigenvalue weighted by Crippen LogP contribution is 2.40. The van der Waals surface area contributed by atoms with Crippen molar-refractivity contribution in [3.8, 4) is 0 Å². The first-order chi connectivity index (χ1) is 10.5. The first-order valence-corrected chi connectivity index (χ1v) is 7.08. The van der Waals surface area contributed by atoms with Crippen molar-refractivity contribution in [1.82, 2.24) is 5.16 Å². The van der Waals surface area contributed by atoms with Crippen molar-refractivity contribution in [2.24, 2.45) is 0 Å². The SMILES string of the molecule is Cc1cc(C)c(C(=O)O)cc1NC(=O)c1cc(C2CC2)on1. The molecular formula is C16H16N2O4. The Balaban J connectivity index is 1.83. The predicted octanol–water partition coefficient (Wildman–Crippen LogP) is 3.12. The molecule has 6 nitrogen and oxygen atoms in total. The molecule has 0 radical (unpaired) electrons. The van der Waals surface area contributed by atoms with Crippen LogP contribution in [0.3, 0.4) is 0 Å². The summed E-state index contributed by atoms with van der Waals surface area (Å²) in [4.78, 5) is 23.4. The third-order valence-electron chi connectivity index (χ3n) is 3.79. The van der Waals surface area contributed by atoms with Crippen molar-refractivity contribution >= 4 is 17.6 Å². The number of nitrogens with zero attached hydrogens (tertiary/aromatic N) is 1. The molecule has 1 heterocycles. The summed E-state index contributed by atoms with van der Waals surface area (Å²) in [6.45, 7) is 3.54. The lowest BCUT2D eigenvalue weighted by atomic mass is 10.0. The van der Waals surface area contributed by atoms with E-state index in [4.69, 9.17) is 9.63 Å². The van der Waals surface area contributed by atoms with Crippen LogP contribution in [-0.2, 0) is 0 Å². The van der Waals surface area contributed by atoms with Crippen molar-refractivity contribution in [3.63, 3.8) is 0 Å². The summed E-state index contributed by atoms with van der Waals surface area (Å²) in [5.74, 6) is -0.310. The molecule has 1 aliphatic rings. The summed E-state index contributed by atoms with van der Waals surface area (Å²) in [5.41, 5.74) is 2.28. The molecule has 1 amide bonds. The normalized spacial score (nSPS) is 13.9. The van der Waals surface area contributed by atoms with Crippen molar-refractivity contribution in [1.29, 1.82) is 0 Å². The number of nitrogens with one attached hydrogen (secondary N) is 1. The molecule has 3 rings (SSSR count). The van der Waals surface area contributed by atoms with E-state index in [-0.39, 0.29) is 11.3 Å². The van der Waals surface area contributed by atoms with E-state index in [1.54, 1.807) is 19.1 Å². The van der Waals surface area contributed by atoms with Crippen LogP contribution in [0.1, 0.15) is 56.5 Å². The number of aromatic nitrogens is 1. The van der Waals surface area contributed by atoms with Crippen LogP contribution in [0.2, 0.25) is 0 Å². The van der Waals surface area contributed by atoms with Gasteiger partial charge in [0.2, 0.25) is 0 Å². The van der Waals surface area contributed by atoms with Crippen LogP contribution in [0.25, 0.3) is 0 Å². The minimum absolute atomic E-state index is 0.166. The number of anilines is 1. The standard InChI is InChI=1S/C16H16N2O4/c1-8-5-9(2)12(6-11(8)16(20)21)17-15(19)13-7-14(22-18-13)10-3-4-10/h5-7,10H,3-4H2,1-2H3,(H,17,19)(H,20,21). The topological polar surface area (TPSA) is 92.4 Å². The van der Waals surface area contributed by atoms with Gasteiger partial charge < -0.3 is 14.9 Å². The molecule has 0 aliphatic heterocycles. The number of rotatable bonds is 4. The number of carboxylic acid groups (broad SMARTS) is 1. The molecule has 1 aromatic heterocycles. The second kappa shape index (κ2) is 5.29.